The van der Waals surface area contributed by atoms with Crippen LogP contribution in [0.1, 0.15) is 37.7 Å². The lowest BCUT2D eigenvalue weighted by atomic mass is 9.79. The molecule has 1 fully saturated rings. The third-order valence-electron chi connectivity index (χ3n) is 3.22. The molecule has 0 spiro atoms. The number of hydrogen-bond donors (Lipinski definition) is 0. The highest BCUT2D eigenvalue weighted by molar-refractivity contribution is 5.82. The van der Waals surface area contributed by atoms with E-state index < -0.39 is 0 Å². The van der Waals surface area contributed by atoms with Crippen molar-refractivity contribution in [1.82, 2.24) is 0 Å². The first-order valence-corrected chi connectivity index (χ1v) is 5.35. The van der Waals surface area contributed by atoms with Crippen molar-refractivity contribution in [3.63, 3.8) is 0 Å². The molecule has 0 saturated heterocycles. The SMILES string of the molecule is C[C@@H]1CC[C@H](c2ccccc2)CC1=O. The van der Waals surface area contributed by atoms with Gasteiger partial charge in [-0.3, -0.25) is 4.79 Å². The van der Waals surface area contributed by atoms with Gasteiger partial charge in [-0.15, -0.1) is 0 Å². The van der Waals surface area contributed by atoms with Gasteiger partial charge in [-0.05, 0) is 24.3 Å². The Labute approximate surface area is 85.1 Å². The van der Waals surface area contributed by atoms with Crippen molar-refractivity contribution in [3.05, 3.63) is 35.9 Å². The summed E-state index contributed by atoms with van der Waals surface area (Å²) in [6.07, 6.45) is 2.96. The summed E-state index contributed by atoms with van der Waals surface area (Å²) >= 11 is 0. The van der Waals surface area contributed by atoms with Crippen LogP contribution in [0.4, 0.5) is 0 Å². The zero-order valence-corrected chi connectivity index (χ0v) is 8.57. The van der Waals surface area contributed by atoms with Gasteiger partial charge in [0.05, 0.1) is 0 Å². The second kappa shape index (κ2) is 3.95. The fraction of sp³-hybridized carbons (Fsp3) is 0.462. The Bertz CT molecular complexity index is 315. The van der Waals surface area contributed by atoms with E-state index in [0.29, 0.717) is 11.7 Å². The van der Waals surface area contributed by atoms with Gasteiger partial charge in [0.1, 0.15) is 5.78 Å². The minimum atomic E-state index is 0.287. The van der Waals surface area contributed by atoms with Crippen LogP contribution in [0.5, 0.6) is 0 Å². The molecule has 1 aromatic carbocycles. The molecule has 2 atom stereocenters. The van der Waals surface area contributed by atoms with Crippen LogP contribution < -0.4 is 0 Å². The first kappa shape index (κ1) is 9.45. The molecule has 1 aliphatic carbocycles. The molecule has 0 aromatic heterocycles. The summed E-state index contributed by atoms with van der Waals surface area (Å²) in [6.45, 7) is 2.05. The van der Waals surface area contributed by atoms with Crippen LogP contribution in [-0.2, 0) is 4.79 Å². The summed E-state index contributed by atoms with van der Waals surface area (Å²) in [5, 5.41) is 0. The summed E-state index contributed by atoms with van der Waals surface area (Å²) in [6, 6.07) is 10.4. The normalized spacial score (nSPS) is 27.6. The zero-order valence-electron chi connectivity index (χ0n) is 8.57. The molecular weight excluding hydrogens is 172 g/mol. The maximum atomic E-state index is 11.6. The van der Waals surface area contributed by atoms with E-state index in [1.807, 2.05) is 13.0 Å². The molecule has 0 bridgehead atoms. The van der Waals surface area contributed by atoms with Crippen molar-refractivity contribution >= 4 is 5.78 Å². The minimum absolute atomic E-state index is 0.287. The van der Waals surface area contributed by atoms with Crippen molar-refractivity contribution < 1.29 is 4.79 Å². The van der Waals surface area contributed by atoms with E-state index in [2.05, 4.69) is 24.3 Å². The Hall–Kier alpha value is -1.11. The fourth-order valence-corrected chi connectivity index (χ4v) is 2.17. The standard InChI is InChI=1S/C13H16O/c1-10-7-8-12(9-13(10)14)11-5-3-2-4-6-11/h2-6,10,12H,7-9H2,1H3/t10-,12+/m1/s1. The molecule has 0 radical (unpaired) electrons. The molecule has 1 nitrogen and oxygen atoms in total. The van der Waals surface area contributed by atoms with E-state index >= 15 is 0 Å². The minimum Gasteiger partial charge on any atom is -0.299 e. The van der Waals surface area contributed by atoms with Gasteiger partial charge in [0.2, 0.25) is 0 Å². The van der Waals surface area contributed by atoms with Gasteiger partial charge in [0, 0.05) is 12.3 Å². The predicted octanol–water partition coefficient (Wildman–Crippen LogP) is 3.16. The van der Waals surface area contributed by atoms with Gasteiger partial charge in [-0.1, -0.05) is 37.3 Å². The Morgan fingerprint density at radius 3 is 2.50 bits per heavy atom. The third kappa shape index (κ3) is 1.87. The third-order valence-corrected chi connectivity index (χ3v) is 3.22. The molecule has 2 rings (SSSR count). The molecule has 14 heavy (non-hydrogen) atoms. The fourth-order valence-electron chi connectivity index (χ4n) is 2.17. The number of ketones is 1. The second-order valence-electron chi connectivity index (χ2n) is 4.26. The van der Waals surface area contributed by atoms with Crippen LogP contribution in [0.25, 0.3) is 0 Å². The van der Waals surface area contributed by atoms with Crippen LogP contribution in [0.2, 0.25) is 0 Å². The average molecular weight is 188 g/mol. The van der Waals surface area contributed by atoms with Crippen molar-refractivity contribution in [2.24, 2.45) is 5.92 Å². The molecule has 0 heterocycles. The lowest BCUT2D eigenvalue weighted by molar-refractivity contribution is -0.124. The molecule has 0 aliphatic heterocycles. The Morgan fingerprint density at radius 2 is 1.86 bits per heavy atom. The van der Waals surface area contributed by atoms with Crippen molar-refractivity contribution in [2.45, 2.75) is 32.1 Å². The molecule has 0 amide bonds. The van der Waals surface area contributed by atoms with E-state index in [9.17, 15) is 4.79 Å². The van der Waals surface area contributed by atoms with Crippen molar-refractivity contribution in [3.8, 4) is 0 Å². The molecule has 1 aromatic rings. The van der Waals surface area contributed by atoms with Crippen LogP contribution in [0.15, 0.2) is 30.3 Å². The van der Waals surface area contributed by atoms with Gasteiger partial charge in [-0.25, -0.2) is 0 Å². The molecule has 0 unspecified atom stereocenters. The molecule has 0 N–H and O–H groups in total. The van der Waals surface area contributed by atoms with E-state index in [0.717, 1.165) is 19.3 Å². The van der Waals surface area contributed by atoms with Crippen LogP contribution in [0, 0.1) is 5.92 Å². The Kier molecular flexibility index (Phi) is 2.67. The number of Topliss-reactive ketones (excluding diaryl/α,β-unsaturated/α-hetero) is 1. The lowest BCUT2D eigenvalue weighted by Crippen LogP contribution is -2.21. The van der Waals surface area contributed by atoms with Gasteiger partial charge >= 0.3 is 0 Å². The summed E-state index contributed by atoms with van der Waals surface area (Å²) in [5.74, 6) is 1.19. The van der Waals surface area contributed by atoms with E-state index in [4.69, 9.17) is 0 Å². The van der Waals surface area contributed by atoms with Crippen LogP contribution >= 0.6 is 0 Å². The number of hydrogen-bond acceptors (Lipinski definition) is 1. The summed E-state index contributed by atoms with van der Waals surface area (Å²) in [4.78, 5) is 11.6. The highest BCUT2D eigenvalue weighted by atomic mass is 16.1. The van der Waals surface area contributed by atoms with Crippen LogP contribution in [0.3, 0.4) is 0 Å². The Morgan fingerprint density at radius 1 is 1.14 bits per heavy atom. The quantitative estimate of drug-likeness (QED) is 0.661. The molecule has 1 aliphatic rings. The van der Waals surface area contributed by atoms with Crippen LogP contribution in [-0.4, -0.2) is 5.78 Å². The smallest absolute Gasteiger partial charge is 0.136 e. The maximum absolute atomic E-state index is 11.6. The zero-order chi connectivity index (χ0) is 9.97. The lowest BCUT2D eigenvalue weighted by Gasteiger charge is -2.25. The van der Waals surface area contributed by atoms with Gasteiger partial charge in [0.25, 0.3) is 0 Å². The molecule has 1 heteroatoms. The highest BCUT2D eigenvalue weighted by Crippen LogP contribution is 2.33. The second-order valence-corrected chi connectivity index (χ2v) is 4.26. The average Bonchev–Trinajstić information content (AvgIpc) is 2.23. The topological polar surface area (TPSA) is 17.1 Å². The first-order valence-electron chi connectivity index (χ1n) is 5.35. The van der Waals surface area contributed by atoms with E-state index in [1.54, 1.807) is 0 Å². The monoisotopic (exact) mass is 188 g/mol. The largest absolute Gasteiger partial charge is 0.299 e. The molecular formula is C13H16O. The van der Waals surface area contributed by atoms with E-state index in [-0.39, 0.29) is 5.92 Å². The number of carbonyl (C=O) groups is 1. The maximum Gasteiger partial charge on any atom is 0.136 e. The first-order chi connectivity index (χ1) is 6.77. The number of carbonyl (C=O) groups excluding carboxylic acids is 1. The van der Waals surface area contributed by atoms with Gasteiger partial charge in [-0.2, -0.15) is 0 Å². The number of benzene rings is 1. The van der Waals surface area contributed by atoms with Crippen molar-refractivity contribution in [1.29, 1.82) is 0 Å². The summed E-state index contributed by atoms with van der Waals surface area (Å²) < 4.78 is 0. The van der Waals surface area contributed by atoms with Gasteiger partial charge < -0.3 is 0 Å². The summed E-state index contributed by atoms with van der Waals surface area (Å²) in [5.41, 5.74) is 1.33. The van der Waals surface area contributed by atoms with Crippen molar-refractivity contribution in [2.75, 3.05) is 0 Å². The number of rotatable bonds is 1. The highest BCUT2D eigenvalue weighted by Gasteiger charge is 2.25. The summed E-state index contributed by atoms with van der Waals surface area (Å²) in [7, 11) is 0. The van der Waals surface area contributed by atoms with E-state index in [1.165, 1.54) is 5.56 Å². The Balaban J connectivity index is 2.11. The van der Waals surface area contributed by atoms with Gasteiger partial charge in [0.15, 0.2) is 0 Å². The molecule has 1 saturated carbocycles. The predicted molar refractivity (Wildman–Crippen MR) is 57.2 cm³/mol. The molecule has 74 valence electrons.